The Morgan fingerprint density at radius 1 is 1.62 bits per heavy atom. The molecule has 2 unspecified atom stereocenters. The highest BCUT2D eigenvalue weighted by Gasteiger charge is 2.27. The molecule has 0 amide bonds. The van der Waals surface area contributed by atoms with Gasteiger partial charge in [0.15, 0.2) is 0 Å². The molecule has 1 nitrogen and oxygen atoms in total. The Kier molecular flexibility index (Phi) is 3.27. The third-order valence-electron chi connectivity index (χ3n) is 2.57. The highest BCUT2D eigenvalue weighted by atomic mass is 16.1. The van der Waals surface area contributed by atoms with Crippen LogP contribution in [-0.4, -0.2) is 5.78 Å². The molecule has 0 aliphatic heterocycles. The lowest BCUT2D eigenvalue weighted by Gasteiger charge is -2.28. The van der Waals surface area contributed by atoms with E-state index in [4.69, 9.17) is 0 Å². The molecule has 0 saturated heterocycles. The van der Waals surface area contributed by atoms with Crippen LogP contribution in [0.1, 0.15) is 19.3 Å². The average molecular weight is 175 g/mol. The van der Waals surface area contributed by atoms with E-state index in [1.165, 1.54) is 0 Å². The number of hydrogen-bond donors (Lipinski definition) is 0. The Morgan fingerprint density at radius 3 is 2.85 bits per heavy atom. The SMILES string of the molecule is [CH2]C(=C)C1CCC(=O)CC1C=C=C. The maximum absolute atomic E-state index is 11.2. The van der Waals surface area contributed by atoms with Crippen LogP contribution < -0.4 is 0 Å². The molecule has 69 valence electrons. The first kappa shape index (κ1) is 10.0. The molecule has 0 N–H and O–H groups in total. The molecule has 0 aromatic rings. The smallest absolute Gasteiger partial charge is 0.133 e. The number of rotatable bonds is 2. The van der Waals surface area contributed by atoms with Crippen LogP contribution in [-0.2, 0) is 4.79 Å². The van der Waals surface area contributed by atoms with E-state index in [-0.39, 0.29) is 5.92 Å². The monoisotopic (exact) mass is 175 g/mol. The number of carbonyl (C=O) groups excluding carboxylic acids is 1. The Bertz CT molecular complexity index is 269. The van der Waals surface area contributed by atoms with Crippen LogP contribution in [0.4, 0.5) is 0 Å². The Hall–Kier alpha value is -1.07. The van der Waals surface area contributed by atoms with E-state index in [9.17, 15) is 4.79 Å². The van der Waals surface area contributed by atoms with Crippen LogP contribution >= 0.6 is 0 Å². The van der Waals surface area contributed by atoms with Crippen molar-refractivity contribution in [3.8, 4) is 0 Å². The minimum atomic E-state index is 0.226. The lowest BCUT2D eigenvalue weighted by Crippen LogP contribution is -2.24. The Labute approximate surface area is 79.8 Å². The number of ketones is 1. The zero-order chi connectivity index (χ0) is 9.84. The fourth-order valence-electron chi connectivity index (χ4n) is 1.87. The minimum absolute atomic E-state index is 0.226. The quantitative estimate of drug-likeness (QED) is 0.590. The van der Waals surface area contributed by atoms with Gasteiger partial charge in [-0.1, -0.05) is 18.7 Å². The molecule has 0 bridgehead atoms. The second kappa shape index (κ2) is 4.25. The highest BCUT2D eigenvalue weighted by molar-refractivity contribution is 5.79. The molecule has 1 aliphatic rings. The first-order valence-electron chi connectivity index (χ1n) is 4.53. The summed E-state index contributed by atoms with van der Waals surface area (Å²) in [5.74, 6) is 0.893. The van der Waals surface area contributed by atoms with E-state index in [1.54, 1.807) is 0 Å². The summed E-state index contributed by atoms with van der Waals surface area (Å²) in [4.78, 5) is 11.2. The van der Waals surface area contributed by atoms with Gasteiger partial charge in [-0.05, 0) is 31.3 Å². The van der Waals surface area contributed by atoms with Gasteiger partial charge >= 0.3 is 0 Å². The molecule has 1 saturated carbocycles. The predicted octanol–water partition coefficient (Wildman–Crippen LogP) is 2.70. The van der Waals surface area contributed by atoms with Gasteiger partial charge in [-0.25, -0.2) is 0 Å². The van der Waals surface area contributed by atoms with Crippen molar-refractivity contribution in [3.05, 3.63) is 37.5 Å². The zero-order valence-electron chi connectivity index (χ0n) is 7.88. The molecular formula is C12H15O. The van der Waals surface area contributed by atoms with Crippen molar-refractivity contribution in [1.29, 1.82) is 0 Å². The molecule has 2 atom stereocenters. The normalized spacial score (nSPS) is 27.9. The number of carbonyl (C=O) groups is 1. The standard InChI is InChI=1S/C12H15O/c1-4-5-10-8-11(13)6-7-12(10)9(2)3/h5,10,12H,1-3,6-8H2. The average Bonchev–Trinajstić information content (AvgIpc) is 2.04. The summed E-state index contributed by atoms with van der Waals surface area (Å²) >= 11 is 0. The molecule has 1 radical (unpaired) electrons. The second-order valence-electron chi connectivity index (χ2n) is 3.58. The molecule has 0 aromatic carbocycles. The summed E-state index contributed by atoms with van der Waals surface area (Å²) in [6.07, 6.45) is 4.02. The third-order valence-corrected chi connectivity index (χ3v) is 2.57. The van der Waals surface area contributed by atoms with Crippen molar-refractivity contribution < 1.29 is 4.79 Å². The maximum atomic E-state index is 11.2. The summed E-state index contributed by atoms with van der Waals surface area (Å²) in [5, 5.41) is 0. The molecule has 1 heteroatoms. The topological polar surface area (TPSA) is 17.1 Å². The van der Waals surface area contributed by atoms with Crippen molar-refractivity contribution in [1.82, 2.24) is 0 Å². The highest BCUT2D eigenvalue weighted by Crippen LogP contribution is 2.33. The summed E-state index contributed by atoms with van der Waals surface area (Å²) in [7, 11) is 0. The molecular weight excluding hydrogens is 160 g/mol. The van der Waals surface area contributed by atoms with Crippen molar-refractivity contribution in [2.45, 2.75) is 19.3 Å². The van der Waals surface area contributed by atoms with Crippen molar-refractivity contribution in [2.75, 3.05) is 0 Å². The summed E-state index contributed by atoms with van der Waals surface area (Å²) in [5.41, 5.74) is 3.67. The maximum Gasteiger partial charge on any atom is 0.133 e. The van der Waals surface area contributed by atoms with Gasteiger partial charge in [-0.2, -0.15) is 0 Å². The van der Waals surface area contributed by atoms with E-state index in [1.807, 2.05) is 6.08 Å². The van der Waals surface area contributed by atoms with Gasteiger partial charge < -0.3 is 0 Å². The number of allylic oxidation sites excluding steroid dienone is 2. The number of hydrogen-bond acceptors (Lipinski definition) is 1. The lowest BCUT2D eigenvalue weighted by atomic mass is 9.75. The van der Waals surface area contributed by atoms with Gasteiger partial charge in [-0.3, -0.25) is 4.79 Å². The molecule has 1 aliphatic carbocycles. The Morgan fingerprint density at radius 2 is 2.31 bits per heavy atom. The van der Waals surface area contributed by atoms with E-state index in [2.05, 4.69) is 25.8 Å². The van der Waals surface area contributed by atoms with Crippen LogP contribution in [0.25, 0.3) is 0 Å². The Balaban J connectivity index is 2.77. The minimum Gasteiger partial charge on any atom is -0.300 e. The van der Waals surface area contributed by atoms with Crippen molar-refractivity contribution in [2.24, 2.45) is 11.8 Å². The van der Waals surface area contributed by atoms with Gasteiger partial charge in [0.2, 0.25) is 0 Å². The largest absolute Gasteiger partial charge is 0.300 e. The van der Waals surface area contributed by atoms with Crippen molar-refractivity contribution in [3.63, 3.8) is 0 Å². The second-order valence-corrected chi connectivity index (χ2v) is 3.58. The summed E-state index contributed by atoms with van der Waals surface area (Å²) in [6, 6.07) is 0. The molecule has 0 spiro atoms. The molecule has 1 rings (SSSR count). The van der Waals surface area contributed by atoms with Gasteiger partial charge in [0.1, 0.15) is 5.78 Å². The molecule has 0 heterocycles. The van der Waals surface area contributed by atoms with Crippen LogP contribution in [0, 0.1) is 18.8 Å². The fourth-order valence-corrected chi connectivity index (χ4v) is 1.87. The summed E-state index contributed by atoms with van der Waals surface area (Å²) in [6.45, 7) is 11.2. The number of Topliss-reactive ketones (excluding diaryl/α,β-unsaturated/α-hetero) is 1. The van der Waals surface area contributed by atoms with Crippen molar-refractivity contribution >= 4 is 5.78 Å². The van der Waals surface area contributed by atoms with E-state index >= 15 is 0 Å². The van der Waals surface area contributed by atoms with Crippen LogP contribution in [0.5, 0.6) is 0 Å². The predicted molar refractivity (Wildman–Crippen MR) is 54.0 cm³/mol. The van der Waals surface area contributed by atoms with Gasteiger partial charge in [-0.15, -0.1) is 5.73 Å². The lowest BCUT2D eigenvalue weighted by molar-refractivity contribution is -0.121. The van der Waals surface area contributed by atoms with E-state index in [0.29, 0.717) is 24.5 Å². The third kappa shape index (κ3) is 2.43. The molecule has 1 fully saturated rings. The van der Waals surface area contributed by atoms with Gasteiger partial charge in [0.25, 0.3) is 0 Å². The van der Waals surface area contributed by atoms with E-state index in [0.717, 1.165) is 12.0 Å². The molecule has 13 heavy (non-hydrogen) atoms. The van der Waals surface area contributed by atoms with Gasteiger partial charge in [0.05, 0.1) is 0 Å². The van der Waals surface area contributed by atoms with Gasteiger partial charge in [0, 0.05) is 12.8 Å². The first-order chi connectivity index (χ1) is 6.15. The molecule has 0 aromatic heterocycles. The first-order valence-corrected chi connectivity index (χ1v) is 4.53. The zero-order valence-corrected chi connectivity index (χ0v) is 7.88. The van der Waals surface area contributed by atoms with Crippen LogP contribution in [0.15, 0.2) is 30.5 Å². The van der Waals surface area contributed by atoms with Crippen LogP contribution in [0.3, 0.4) is 0 Å². The van der Waals surface area contributed by atoms with E-state index < -0.39 is 0 Å². The fraction of sp³-hybridized carbons (Fsp3) is 0.417. The summed E-state index contributed by atoms with van der Waals surface area (Å²) < 4.78 is 0. The van der Waals surface area contributed by atoms with Crippen LogP contribution in [0.2, 0.25) is 0 Å².